The molecule has 0 aromatic rings. The van der Waals surface area contributed by atoms with Crippen molar-refractivity contribution in [1.82, 2.24) is 0 Å². The van der Waals surface area contributed by atoms with Gasteiger partial charge in [-0.25, -0.2) is 0 Å². The third-order valence-corrected chi connectivity index (χ3v) is 17.0. The molecule has 0 aliphatic carbocycles. The first-order valence-electron chi connectivity index (χ1n) is 8.62. The van der Waals surface area contributed by atoms with E-state index in [4.69, 9.17) is 0 Å². The lowest BCUT2D eigenvalue weighted by atomic mass is 10.2. The minimum absolute atomic E-state index is 0.112. The van der Waals surface area contributed by atoms with Crippen LogP contribution in [0.2, 0.25) is 36.3 Å². The maximum absolute atomic E-state index is 12.5. The number of hydrogen-bond acceptors (Lipinski definition) is 2. The van der Waals surface area contributed by atoms with Crippen molar-refractivity contribution in [1.29, 1.82) is 0 Å². The van der Waals surface area contributed by atoms with Gasteiger partial charge in [0.15, 0.2) is 0 Å². The number of unbranched alkanes of at least 4 members (excludes halogenated alkanes) is 1. The van der Waals surface area contributed by atoms with Gasteiger partial charge < -0.3 is 9.59 Å². The molecule has 0 atom stereocenters. The minimum atomic E-state index is -1.87. The van der Waals surface area contributed by atoms with Crippen molar-refractivity contribution in [3.63, 3.8) is 0 Å². The topological polar surface area (TPSA) is 34.1 Å². The van der Waals surface area contributed by atoms with E-state index in [1.54, 1.807) is 0 Å². The third kappa shape index (κ3) is 5.15. The molecule has 4 heteroatoms. The van der Waals surface area contributed by atoms with Gasteiger partial charge in [0.1, 0.15) is 27.0 Å². The van der Waals surface area contributed by atoms with Crippen LogP contribution in [0.25, 0.3) is 0 Å². The summed E-state index contributed by atoms with van der Waals surface area (Å²) in [6, 6.07) is 0. The number of hydrogen-bond donors (Lipinski definition) is 0. The summed E-state index contributed by atoms with van der Waals surface area (Å²) in [5, 5.41) is 1.14. The molecule has 0 saturated carbocycles. The third-order valence-electron chi connectivity index (χ3n) is 6.20. The Morgan fingerprint density at radius 3 is 1.05 bits per heavy atom. The highest BCUT2D eigenvalue weighted by molar-refractivity contribution is 7.06. The average Bonchev–Trinajstić information content (AvgIpc) is 2.30. The van der Waals surface area contributed by atoms with Crippen molar-refractivity contribution >= 4 is 27.0 Å². The molecule has 0 aliphatic rings. The molecule has 0 spiro atoms. The predicted molar refractivity (Wildman–Crippen MR) is 103 cm³/mol. The van der Waals surface area contributed by atoms with Crippen LogP contribution >= 0.6 is 0 Å². The zero-order chi connectivity index (χ0) is 18.0. The van der Waals surface area contributed by atoms with Gasteiger partial charge in [0.25, 0.3) is 0 Å². The van der Waals surface area contributed by atoms with E-state index in [1.165, 1.54) is 0 Å². The van der Waals surface area contributed by atoms with Crippen LogP contribution in [0.1, 0.15) is 67.2 Å². The number of carbonyl (C=O) groups excluding carboxylic acids is 2. The van der Waals surface area contributed by atoms with Gasteiger partial charge in [-0.15, -0.1) is 0 Å². The van der Waals surface area contributed by atoms with Crippen molar-refractivity contribution in [3.8, 4) is 0 Å². The Bertz CT molecular complexity index is 370. The van der Waals surface area contributed by atoms with Crippen LogP contribution in [0.5, 0.6) is 0 Å². The fourth-order valence-electron chi connectivity index (χ4n) is 2.03. The van der Waals surface area contributed by atoms with Crippen molar-refractivity contribution < 1.29 is 9.59 Å². The van der Waals surface area contributed by atoms with Crippen LogP contribution in [-0.4, -0.2) is 27.0 Å². The quantitative estimate of drug-likeness (QED) is 0.434. The molecule has 22 heavy (non-hydrogen) atoms. The summed E-state index contributed by atoms with van der Waals surface area (Å²) in [6.45, 7) is 21.8. The first kappa shape index (κ1) is 21.8. The largest absolute Gasteiger partial charge is 0.305 e. The molecule has 0 N–H and O–H groups in total. The van der Waals surface area contributed by atoms with Crippen LogP contribution in [0.15, 0.2) is 0 Å². The summed E-state index contributed by atoms with van der Waals surface area (Å²) >= 11 is 0. The molecule has 0 radical (unpaired) electrons. The van der Waals surface area contributed by atoms with Crippen molar-refractivity contribution in [2.24, 2.45) is 0 Å². The molecule has 0 aromatic heterocycles. The summed E-state index contributed by atoms with van der Waals surface area (Å²) in [6.07, 6.45) is 3.04. The lowest BCUT2D eigenvalue weighted by molar-refractivity contribution is -0.114. The highest BCUT2D eigenvalue weighted by atomic mass is 28.3. The maximum Gasteiger partial charge on any atom is 0.132 e. The Morgan fingerprint density at radius 2 is 0.864 bits per heavy atom. The molecule has 0 aromatic carbocycles. The fraction of sp³-hybridized carbons (Fsp3) is 0.889. The lowest BCUT2D eigenvalue weighted by Crippen LogP contribution is -2.46. The van der Waals surface area contributed by atoms with Gasteiger partial charge in [-0.05, 0) is 22.9 Å². The fourth-order valence-corrected chi connectivity index (χ4v) is 5.31. The smallest absolute Gasteiger partial charge is 0.132 e. The minimum Gasteiger partial charge on any atom is -0.305 e. The molecule has 0 saturated heterocycles. The molecule has 130 valence electrons. The molecule has 0 amide bonds. The summed E-state index contributed by atoms with van der Waals surface area (Å²) in [4.78, 5) is 25.0. The zero-order valence-corrected chi connectivity index (χ0v) is 18.6. The molecule has 0 fully saturated rings. The van der Waals surface area contributed by atoms with Gasteiger partial charge in [0.2, 0.25) is 0 Å². The van der Waals surface area contributed by atoms with E-state index >= 15 is 0 Å². The normalized spacial score (nSPS) is 14.1. The number of carbonyl (C=O) groups is 2. The molecular weight excluding hydrogens is 304 g/mol. The second-order valence-electron chi connectivity index (χ2n) is 9.80. The van der Waals surface area contributed by atoms with Crippen LogP contribution in [0.4, 0.5) is 0 Å². The van der Waals surface area contributed by atoms with Crippen molar-refractivity contribution in [2.45, 2.75) is 103 Å². The molecule has 0 heterocycles. The Kier molecular flexibility index (Phi) is 7.05. The van der Waals surface area contributed by atoms with E-state index in [9.17, 15) is 9.59 Å². The molecule has 2 nitrogen and oxygen atoms in total. The van der Waals surface area contributed by atoms with Crippen LogP contribution in [0.3, 0.4) is 0 Å². The van der Waals surface area contributed by atoms with Crippen LogP contribution in [0, 0.1) is 0 Å². The maximum atomic E-state index is 12.5. The SMILES string of the molecule is CC(C)(C)[Si](C)(C)C(=O)CCCCC(=O)[Si](C)(C)C(C)(C)C. The Balaban J connectivity index is 4.42. The van der Waals surface area contributed by atoms with Gasteiger partial charge in [-0.1, -0.05) is 67.7 Å². The Morgan fingerprint density at radius 1 is 0.636 bits per heavy atom. The van der Waals surface area contributed by atoms with Crippen LogP contribution < -0.4 is 0 Å². The second kappa shape index (κ2) is 7.12. The monoisotopic (exact) mass is 342 g/mol. The van der Waals surface area contributed by atoms with E-state index in [-0.39, 0.29) is 10.1 Å². The van der Waals surface area contributed by atoms with Crippen molar-refractivity contribution in [3.05, 3.63) is 0 Å². The Labute approximate surface area is 140 Å². The predicted octanol–water partition coefficient (Wildman–Crippen LogP) is 5.78. The summed E-state index contributed by atoms with van der Waals surface area (Å²) < 4.78 is 0. The van der Waals surface area contributed by atoms with Gasteiger partial charge >= 0.3 is 0 Å². The Hall–Kier alpha value is -0.226. The average molecular weight is 343 g/mol. The van der Waals surface area contributed by atoms with Gasteiger partial charge in [-0.2, -0.15) is 0 Å². The molecule has 0 bridgehead atoms. The number of rotatable bonds is 7. The summed E-state index contributed by atoms with van der Waals surface area (Å²) in [5.74, 6) is 0. The first-order valence-corrected chi connectivity index (χ1v) is 14.6. The lowest BCUT2D eigenvalue weighted by Gasteiger charge is -2.35. The van der Waals surface area contributed by atoms with Crippen LogP contribution in [-0.2, 0) is 9.59 Å². The molecule has 0 aliphatic heterocycles. The van der Waals surface area contributed by atoms with Crippen molar-refractivity contribution in [2.75, 3.05) is 0 Å². The van der Waals surface area contributed by atoms with E-state index in [0.717, 1.165) is 12.8 Å². The second-order valence-corrected chi connectivity index (χ2v) is 20.4. The zero-order valence-electron chi connectivity index (χ0n) is 16.6. The van der Waals surface area contributed by atoms with E-state index < -0.39 is 16.1 Å². The molecular formula is C18H38O2Si2. The first-order chi connectivity index (χ1) is 9.55. The van der Waals surface area contributed by atoms with Gasteiger partial charge in [0, 0.05) is 12.8 Å². The summed E-state index contributed by atoms with van der Waals surface area (Å²) in [7, 11) is -3.73. The summed E-state index contributed by atoms with van der Waals surface area (Å²) in [5.41, 5.74) is 0. The van der Waals surface area contributed by atoms with E-state index in [1.807, 2.05) is 0 Å². The molecule has 0 rings (SSSR count). The van der Waals surface area contributed by atoms with E-state index in [0.29, 0.717) is 23.7 Å². The van der Waals surface area contributed by atoms with E-state index in [2.05, 4.69) is 67.7 Å². The standard InChI is InChI=1S/C18H38O2Si2/c1-17(2,3)21(7,8)15(19)13-11-12-14-16(20)22(9,10)18(4,5)6/h11-14H2,1-10H3. The van der Waals surface area contributed by atoms with Gasteiger partial charge in [-0.3, -0.25) is 0 Å². The highest BCUT2D eigenvalue weighted by Gasteiger charge is 2.42. The molecule has 0 unspecified atom stereocenters. The van der Waals surface area contributed by atoms with Gasteiger partial charge in [0.05, 0.1) is 0 Å². The highest BCUT2D eigenvalue weighted by Crippen LogP contribution is 2.38.